The SMILES string of the molecule is C#Cc1cc2nc(-c3cc/c(=N/N)n(N)n3)oc(=O)c2cc1F. The fraction of sp³-hybridized carbons (Fsp3) is 0. The number of benzene rings is 1. The number of rotatable bonds is 1. The van der Waals surface area contributed by atoms with Crippen LogP contribution >= 0.6 is 0 Å². The molecule has 0 aliphatic heterocycles. The first-order chi connectivity index (χ1) is 11.0. The predicted octanol–water partition coefficient (Wildman–Crippen LogP) is -0.340. The molecule has 2 aromatic heterocycles. The van der Waals surface area contributed by atoms with Crippen molar-refractivity contribution < 1.29 is 8.81 Å². The van der Waals surface area contributed by atoms with Gasteiger partial charge in [-0.25, -0.2) is 14.2 Å². The molecule has 0 saturated carbocycles. The number of nitrogen functional groups attached to an aromatic ring is 1. The summed E-state index contributed by atoms with van der Waals surface area (Å²) in [5.74, 6) is 12.1. The zero-order chi connectivity index (χ0) is 16.6. The van der Waals surface area contributed by atoms with Gasteiger partial charge in [-0.3, -0.25) is 0 Å². The first kappa shape index (κ1) is 14.3. The van der Waals surface area contributed by atoms with Crippen LogP contribution in [-0.4, -0.2) is 14.9 Å². The summed E-state index contributed by atoms with van der Waals surface area (Å²) in [4.78, 5) is 17.0. The van der Waals surface area contributed by atoms with Crippen LogP contribution in [0.15, 0.2) is 38.6 Å². The largest absolute Gasteiger partial charge is 0.401 e. The number of nitrogens with two attached hydrogens (primary N) is 2. The average Bonchev–Trinajstić information content (AvgIpc) is 2.54. The minimum absolute atomic E-state index is 0.0133. The first-order valence-corrected chi connectivity index (χ1v) is 6.24. The van der Waals surface area contributed by atoms with Gasteiger partial charge in [0.1, 0.15) is 11.5 Å². The number of aromatic nitrogens is 3. The fourth-order valence-corrected chi connectivity index (χ4v) is 1.96. The summed E-state index contributed by atoms with van der Waals surface area (Å²) >= 11 is 0. The summed E-state index contributed by atoms with van der Waals surface area (Å²) in [5.41, 5.74) is -0.228. The van der Waals surface area contributed by atoms with Gasteiger partial charge in [0, 0.05) is 0 Å². The van der Waals surface area contributed by atoms with E-state index in [2.05, 4.69) is 21.1 Å². The molecule has 0 spiro atoms. The van der Waals surface area contributed by atoms with Crippen LogP contribution in [0.2, 0.25) is 0 Å². The van der Waals surface area contributed by atoms with E-state index in [9.17, 15) is 9.18 Å². The molecule has 2 heterocycles. The number of terminal acetylenes is 1. The molecule has 0 unspecified atom stereocenters. The summed E-state index contributed by atoms with van der Waals surface area (Å²) in [5, 5.41) is 7.31. The number of halogens is 1. The highest BCUT2D eigenvalue weighted by Crippen LogP contribution is 2.18. The quantitative estimate of drug-likeness (QED) is 0.360. The van der Waals surface area contributed by atoms with E-state index in [1.54, 1.807) is 0 Å². The normalized spacial score (nSPS) is 11.6. The molecule has 0 fully saturated rings. The third-order valence-corrected chi connectivity index (χ3v) is 3.06. The zero-order valence-corrected chi connectivity index (χ0v) is 11.5. The number of hydrogen-bond donors (Lipinski definition) is 2. The van der Waals surface area contributed by atoms with Crippen molar-refractivity contribution in [3.8, 4) is 23.9 Å². The van der Waals surface area contributed by atoms with Crippen molar-refractivity contribution >= 4 is 10.9 Å². The molecule has 0 bridgehead atoms. The molecule has 0 atom stereocenters. The van der Waals surface area contributed by atoms with E-state index in [4.69, 9.17) is 22.5 Å². The van der Waals surface area contributed by atoms with E-state index >= 15 is 0 Å². The van der Waals surface area contributed by atoms with Gasteiger partial charge in [0.25, 0.3) is 5.89 Å². The van der Waals surface area contributed by atoms with Crippen LogP contribution in [0.4, 0.5) is 4.39 Å². The van der Waals surface area contributed by atoms with Crippen molar-refractivity contribution in [3.05, 3.63) is 51.6 Å². The van der Waals surface area contributed by atoms with Crippen molar-refractivity contribution in [2.75, 3.05) is 5.84 Å². The topological polar surface area (TPSA) is 125 Å². The Bertz CT molecular complexity index is 1090. The average molecular weight is 312 g/mol. The summed E-state index contributed by atoms with van der Waals surface area (Å²) in [6.07, 6.45) is 5.21. The van der Waals surface area contributed by atoms with Crippen molar-refractivity contribution in [3.63, 3.8) is 0 Å². The molecule has 0 aliphatic carbocycles. The van der Waals surface area contributed by atoms with E-state index in [-0.39, 0.29) is 33.5 Å². The number of hydrogen-bond acceptors (Lipinski definition) is 7. The smallest absolute Gasteiger partial charge is 0.347 e. The predicted molar refractivity (Wildman–Crippen MR) is 79.3 cm³/mol. The van der Waals surface area contributed by atoms with Crippen molar-refractivity contribution in [1.82, 2.24) is 14.9 Å². The molecule has 0 aliphatic rings. The molecule has 23 heavy (non-hydrogen) atoms. The fourth-order valence-electron chi connectivity index (χ4n) is 1.96. The highest BCUT2D eigenvalue weighted by molar-refractivity contribution is 5.80. The van der Waals surface area contributed by atoms with Crippen LogP contribution in [0.1, 0.15) is 5.56 Å². The molecule has 4 N–H and O–H groups in total. The van der Waals surface area contributed by atoms with E-state index in [1.807, 2.05) is 0 Å². The van der Waals surface area contributed by atoms with E-state index < -0.39 is 11.4 Å². The first-order valence-electron chi connectivity index (χ1n) is 6.24. The summed E-state index contributed by atoms with van der Waals surface area (Å²) in [6.45, 7) is 0. The van der Waals surface area contributed by atoms with Crippen molar-refractivity contribution in [2.24, 2.45) is 10.9 Å². The highest BCUT2D eigenvalue weighted by Gasteiger charge is 2.13. The van der Waals surface area contributed by atoms with E-state index in [0.29, 0.717) is 0 Å². The Balaban J connectivity index is 2.28. The maximum Gasteiger partial charge on any atom is 0.347 e. The molecular formula is C14H9FN6O2. The van der Waals surface area contributed by atoms with Gasteiger partial charge >= 0.3 is 5.63 Å². The number of nitrogens with zero attached hydrogens (tertiary/aromatic N) is 4. The van der Waals surface area contributed by atoms with Gasteiger partial charge in [-0.15, -0.1) is 11.5 Å². The van der Waals surface area contributed by atoms with Crippen LogP contribution in [0.5, 0.6) is 0 Å². The standard InChI is InChI=1S/C14H9FN6O2/c1-2-7-5-11-8(6-9(7)15)14(22)23-13(18-11)10-3-4-12(19-16)21(17)20-10/h1,3-6H,16-17H2/b19-12-. The molecule has 0 radical (unpaired) electrons. The van der Waals surface area contributed by atoms with Gasteiger partial charge in [0.05, 0.1) is 16.5 Å². The van der Waals surface area contributed by atoms with Gasteiger partial charge in [0.15, 0.2) is 5.49 Å². The molecule has 9 heteroatoms. The Morgan fingerprint density at radius 1 is 1.39 bits per heavy atom. The third-order valence-electron chi connectivity index (χ3n) is 3.06. The van der Waals surface area contributed by atoms with Crippen LogP contribution in [0.3, 0.4) is 0 Å². The van der Waals surface area contributed by atoms with Gasteiger partial charge in [-0.05, 0) is 24.3 Å². The minimum Gasteiger partial charge on any atom is -0.401 e. The molecule has 0 amide bonds. The second-order valence-corrected chi connectivity index (χ2v) is 4.45. The Morgan fingerprint density at radius 3 is 2.83 bits per heavy atom. The summed E-state index contributed by atoms with van der Waals surface area (Å²) < 4.78 is 18.7. The molecule has 3 rings (SSSR count). The Kier molecular flexibility index (Phi) is 3.27. The maximum atomic E-state index is 13.7. The lowest BCUT2D eigenvalue weighted by molar-refractivity contribution is 0.512. The molecular weight excluding hydrogens is 303 g/mol. The van der Waals surface area contributed by atoms with Crippen molar-refractivity contribution in [1.29, 1.82) is 0 Å². The van der Waals surface area contributed by atoms with E-state index in [1.165, 1.54) is 18.2 Å². The Hall–Kier alpha value is -3.67. The summed E-state index contributed by atoms with van der Waals surface area (Å²) in [6, 6.07) is 5.20. The molecule has 3 aromatic rings. The van der Waals surface area contributed by atoms with Crippen LogP contribution in [0, 0.1) is 18.2 Å². The maximum absolute atomic E-state index is 13.7. The van der Waals surface area contributed by atoms with Gasteiger partial charge in [0.2, 0.25) is 0 Å². The third kappa shape index (κ3) is 2.38. The highest BCUT2D eigenvalue weighted by atomic mass is 19.1. The van der Waals surface area contributed by atoms with Crippen LogP contribution < -0.4 is 22.8 Å². The van der Waals surface area contributed by atoms with Gasteiger partial charge < -0.3 is 16.1 Å². The van der Waals surface area contributed by atoms with Crippen molar-refractivity contribution in [2.45, 2.75) is 0 Å². The van der Waals surface area contributed by atoms with Gasteiger partial charge in [-0.1, -0.05) is 5.92 Å². The molecule has 114 valence electrons. The molecule has 0 saturated heterocycles. The second-order valence-electron chi connectivity index (χ2n) is 4.45. The lowest BCUT2D eigenvalue weighted by Gasteiger charge is -2.04. The lowest BCUT2D eigenvalue weighted by atomic mass is 10.1. The molecule has 8 nitrogen and oxygen atoms in total. The van der Waals surface area contributed by atoms with Gasteiger partial charge in [-0.2, -0.15) is 9.89 Å². The molecule has 1 aromatic carbocycles. The van der Waals surface area contributed by atoms with E-state index in [0.717, 1.165) is 10.9 Å². The minimum atomic E-state index is -0.773. The zero-order valence-electron chi connectivity index (χ0n) is 11.5. The number of fused-ring (bicyclic) bond motifs is 1. The second kappa shape index (κ2) is 5.27. The van der Waals surface area contributed by atoms with Crippen LogP contribution in [-0.2, 0) is 0 Å². The lowest BCUT2D eigenvalue weighted by Crippen LogP contribution is -2.31. The monoisotopic (exact) mass is 312 g/mol. The summed E-state index contributed by atoms with van der Waals surface area (Å²) in [7, 11) is 0. The Morgan fingerprint density at radius 2 is 2.17 bits per heavy atom. The van der Waals surface area contributed by atoms with Crippen LogP contribution in [0.25, 0.3) is 22.5 Å². The Labute approximate surface area is 127 Å².